The Balaban J connectivity index is 0. The van der Waals surface area contributed by atoms with Crippen molar-refractivity contribution in [3.05, 3.63) is 49.6 Å². The lowest BCUT2D eigenvalue weighted by Gasteiger charge is -2.13. The minimum atomic E-state index is -0.420. The Bertz CT molecular complexity index is 963. The minimum Gasteiger partial charge on any atom is -0.495 e. The summed E-state index contributed by atoms with van der Waals surface area (Å²) in [6.07, 6.45) is 8.35. The van der Waals surface area contributed by atoms with Gasteiger partial charge in [-0.25, -0.2) is 4.39 Å². The highest BCUT2D eigenvalue weighted by Gasteiger charge is 2.19. The Kier molecular flexibility index (Phi) is 18.0. The van der Waals surface area contributed by atoms with Gasteiger partial charge in [0.1, 0.15) is 34.6 Å². The molecule has 3 rings (SSSR count). The molecule has 0 radical (unpaired) electrons. The normalized spacial score (nSPS) is 10.7. The zero-order valence-electron chi connectivity index (χ0n) is 19.6. The second-order valence-corrected chi connectivity index (χ2v) is 6.64. The van der Waals surface area contributed by atoms with E-state index in [9.17, 15) is 9.18 Å². The van der Waals surface area contributed by atoms with Gasteiger partial charge in [0.25, 0.3) is 0 Å². The standard InChI is InChI=1S/C18H17FO2S.3C2H6.HIO/c1-10(2)12-9-13(21-3)18-15(16(12)19)17(20)11-7-5-4-6-8-14(11)22-18;4*1-2/h4-5,7-10H,6H2,1-3H3;3*1-2H3;2H. The van der Waals surface area contributed by atoms with E-state index in [1.807, 2.05) is 73.6 Å². The van der Waals surface area contributed by atoms with E-state index >= 15 is 0 Å². The summed E-state index contributed by atoms with van der Waals surface area (Å²) >= 11 is 2.56. The summed E-state index contributed by atoms with van der Waals surface area (Å²) in [7, 11) is 1.55. The largest absolute Gasteiger partial charge is 0.495 e. The molecular weight excluding hydrogens is 514 g/mol. The number of fused-ring (bicyclic) bond motifs is 2. The smallest absolute Gasteiger partial charge is 0.198 e. The fraction of sp³-hybridized carbons (Fsp3) is 0.458. The van der Waals surface area contributed by atoms with Gasteiger partial charge in [0.05, 0.1) is 17.2 Å². The van der Waals surface area contributed by atoms with E-state index < -0.39 is 5.82 Å². The number of halogens is 2. The Hall–Kier alpha value is -1.25. The van der Waals surface area contributed by atoms with Crippen LogP contribution >= 0.6 is 34.3 Å². The summed E-state index contributed by atoms with van der Waals surface area (Å²) < 4.78 is 28.7. The molecule has 1 aliphatic carbocycles. The first-order chi connectivity index (χ1) is 14.5. The fourth-order valence-electron chi connectivity index (χ4n) is 2.65. The van der Waals surface area contributed by atoms with Crippen molar-refractivity contribution < 1.29 is 12.6 Å². The summed E-state index contributed by atoms with van der Waals surface area (Å²) in [4.78, 5) is 12.8. The first kappa shape index (κ1) is 30.9. The van der Waals surface area contributed by atoms with Crippen molar-refractivity contribution in [3.63, 3.8) is 0 Å². The number of rotatable bonds is 2. The zero-order valence-corrected chi connectivity index (χ0v) is 22.6. The summed E-state index contributed by atoms with van der Waals surface area (Å²) in [5, 5.41) is 0.708. The van der Waals surface area contributed by atoms with Crippen molar-refractivity contribution in [2.75, 3.05) is 7.11 Å². The maximum absolute atomic E-state index is 14.9. The van der Waals surface area contributed by atoms with Gasteiger partial charge in [-0.1, -0.05) is 73.6 Å². The van der Waals surface area contributed by atoms with Crippen molar-refractivity contribution in [2.45, 2.75) is 67.7 Å². The molecule has 0 unspecified atom stereocenters. The molecule has 2 aromatic rings. The predicted molar refractivity (Wildman–Crippen MR) is 141 cm³/mol. The second kappa shape index (κ2) is 17.4. The lowest BCUT2D eigenvalue weighted by Crippen LogP contribution is -2.37. The van der Waals surface area contributed by atoms with Gasteiger partial charge in [-0.2, -0.15) is 0 Å². The monoisotopic (exact) mass is 550 g/mol. The second-order valence-electron chi connectivity index (χ2n) is 5.58. The van der Waals surface area contributed by atoms with Crippen LogP contribution in [-0.2, 0) is 0 Å². The molecule has 0 saturated carbocycles. The van der Waals surface area contributed by atoms with Gasteiger partial charge >= 0.3 is 0 Å². The van der Waals surface area contributed by atoms with Crippen LogP contribution in [0.15, 0.2) is 23.0 Å². The lowest BCUT2D eigenvalue weighted by molar-refractivity contribution is 0.418. The SMILES string of the molecule is CC.CC.CC.COc1cc(C(C)C)c(F)c2c(=O)c3c(sc12)=CCC=CC=3.OI. The summed E-state index contributed by atoms with van der Waals surface area (Å²) in [5.41, 5.74) is 0.256. The van der Waals surface area contributed by atoms with Crippen LogP contribution in [0, 0.1) is 5.82 Å². The number of allylic oxidation sites excluding steroid dienone is 2. The molecule has 1 N–H and O–H groups in total. The predicted octanol–water partition coefficient (Wildman–Crippen LogP) is 6.46. The van der Waals surface area contributed by atoms with Gasteiger partial charge in [0, 0.05) is 9.75 Å². The molecule has 170 valence electrons. The van der Waals surface area contributed by atoms with Gasteiger partial charge in [0.15, 0.2) is 5.43 Å². The van der Waals surface area contributed by atoms with Gasteiger partial charge in [-0.3, -0.25) is 4.79 Å². The maximum atomic E-state index is 14.9. The quantitative estimate of drug-likeness (QED) is 0.437. The average Bonchev–Trinajstić information content (AvgIpc) is 3.05. The summed E-state index contributed by atoms with van der Waals surface area (Å²) in [5.74, 6) is 0.129. The van der Waals surface area contributed by atoms with Crippen LogP contribution in [0.25, 0.3) is 22.2 Å². The maximum Gasteiger partial charge on any atom is 0.198 e. The molecule has 3 nitrogen and oxygen atoms in total. The fourth-order valence-corrected chi connectivity index (χ4v) is 3.85. The highest BCUT2D eigenvalue weighted by molar-refractivity contribution is 14.1. The van der Waals surface area contributed by atoms with Gasteiger partial charge in [-0.05, 0) is 30.0 Å². The van der Waals surface area contributed by atoms with Crippen LogP contribution in [0.3, 0.4) is 0 Å². The Morgan fingerprint density at radius 2 is 1.70 bits per heavy atom. The number of hydrogen-bond acceptors (Lipinski definition) is 4. The molecule has 0 bridgehead atoms. The van der Waals surface area contributed by atoms with Gasteiger partial charge < -0.3 is 8.17 Å². The van der Waals surface area contributed by atoms with E-state index in [0.717, 1.165) is 34.0 Å². The van der Waals surface area contributed by atoms with Crippen molar-refractivity contribution in [1.82, 2.24) is 0 Å². The van der Waals surface area contributed by atoms with Crippen LogP contribution in [-0.4, -0.2) is 10.5 Å². The third-order valence-corrected chi connectivity index (χ3v) is 5.06. The molecule has 0 fully saturated rings. The topological polar surface area (TPSA) is 46.5 Å². The molecule has 1 aromatic carbocycles. The molecule has 6 heteroatoms. The molecule has 0 amide bonds. The van der Waals surface area contributed by atoms with Crippen LogP contribution < -0.4 is 19.9 Å². The van der Waals surface area contributed by atoms with Gasteiger partial charge in [0.2, 0.25) is 0 Å². The number of methoxy groups -OCH3 is 1. The lowest BCUT2D eigenvalue weighted by atomic mass is 10.00. The molecule has 0 atom stereocenters. The Labute approximate surface area is 198 Å². The molecular formula is C24H36FIO3S. The van der Waals surface area contributed by atoms with Crippen LogP contribution in [0.4, 0.5) is 4.39 Å². The molecule has 1 aromatic heterocycles. The van der Waals surface area contributed by atoms with E-state index in [0.29, 0.717) is 21.2 Å². The third-order valence-electron chi connectivity index (χ3n) is 3.84. The minimum absolute atomic E-state index is 0.0167. The molecule has 0 aliphatic heterocycles. The number of hydrogen-bond donors (Lipinski definition) is 1. The first-order valence-electron chi connectivity index (χ1n) is 10.4. The van der Waals surface area contributed by atoms with Crippen LogP contribution in [0.2, 0.25) is 0 Å². The van der Waals surface area contributed by atoms with Crippen LogP contribution in [0.5, 0.6) is 5.75 Å². The van der Waals surface area contributed by atoms with Crippen molar-refractivity contribution in [1.29, 1.82) is 0 Å². The van der Waals surface area contributed by atoms with Crippen LogP contribution in [0.1, 0.15) is 73.3 Å². The Morgan fingerprint density at radius 3 is 2.20 bits per heavy atom. The Morgan fingerprint density at radius 1 is 1.13 bits per heavy atom. The highest BCUT2D eigenvalue weighted by Crippen LogP contribution is 2.33. The van der Waals surface area contributed by atoms with E-state index in [1.165, 1.54) is 11.3 Å². The van der Waals surface area contributed by atoms with E-state index in [2.05, 4.69) is 0 Å². The first-order valence-corrected chi connectivity index (χ1v) is 12.2. The molecule has 0 spiro atoms. The van der Waals surface area contributed by atoms with E-state index in [4.69, 9.17) is 8.17 Å². The van der Waals surface area contributed by atoms with Crippen molar-refractivity contribution in [3.8, 4) is 5.75 Å². The van der Waals surface area contributed by atoms with E-state index in [1.54, 1.807) is 19.3 Å². The van der Waals surface area contributed by atoms with E-state index in [-0.39, 0.29) is 16.7 Å². The van der Waals surface area contributed by atoms with Crippen molar-refractivity contribution in [2.24, 2.45) is 0 Å². The van der Waals surface area contributed by atoms with Crippen molar-refractivity contribution >= 4 is 56.6 Å². The number of ether oxygens (including phenoxy) is 1. The molecule has 1 aliphatic rings. The third kappa shape index (κ3) is 7.46. The molecule has 0 saturated heterocycles. The van der Waals surface area contributed by atoms with Gasteiger partial charge in [-0.15, -0.1) is 11.3 Å². The highest BCUT2D eigenvalue weighted by atomic mass is 127. The summed E-state index contributed by atoms with van der Waals surface area (Å²) in [6.45, 7) is 15.8. The summed E-state index contributed by atoms with van der Waals surface area (Å²) in [6, 6.07) is 1.71. The zero-order chi connectivity index (χ0) is 23.9. The molecule has 1 heterocycles. The number of benzene rings is 1. The average molecular weight is 551 g/mol. The molecule has 30 heavy (non-hydrogen) atoms.